The van der Waals surface area contributed by atoms with Gasteiger partial charge in [-0.15, -0.1) is 5.10 Å². The highest BCUT2D eigenvalue weighted by Crippen LogP contribution is 2.22. The molecular formula is C17H17N9. The second-order valence-corrected chi connectivity index (χ2v) is 6.37. The minimum absolute atomic E-state index is 0.212. The number of aryl methyl sites for hydroxylation is 2. The van der Waals surface area contributed by atoms with E-state index in [-0.39, 0.29) is 6.04 Å². The van der Waals surface area contributed by atoms with Crippen LogP contribution in [0.5, 0.6) is 0 Å². The summed E-state index contributed by atoms with van der Waals surface area (Å²) in [5.74, 6) is 2.56. The number of anilines is 1. The third-order valence-electron chi connectivity index (χ3n) is 4.54. The molecule has 1 atom stereocenters. The van der Waals surface area contributed by atoms with Gasteiger partial charge in [-0.3, -0.25) is 0 Å². The van der Waals surface area contributed by atoms with E-state index in [0.29, 0.717) is 17.0 Å². The molecule has 1 N–H and O–H groups in total. The van der Waals surface area contributed by atoms with Crippen LogP contribution in [0, 0.1) is 6.92 Å². The van der Waals surface area contributed by atoms with Gasteiger partial charge in [0, 0.05) is 12.5 Å². The van der Waals surface area contributed by atoms with Gasteiger partial charge in [0.05, 0.1) is 12.2 Å². The van der Waals surface area contributed by atoms with E-state index in [0.717, 1.165) is 36.7 Å². The number of hydrogen-bond donors (Lipinski definition) is 1. The van der Waals surface area contributed by atoms with Crippen molar-refractivity contribution >= 4 is 17.0 Å². The molecule has 4 aromatic rings. The Morgan fingerprint density at radius 1 is 1.15 bits per heavy atom. The number of rotatable bonds is 3. The van der Waals surface area contributed by atoms with Gasteiger partial charge in [-0.25, -0.2) is 19.6 Å². The lowest BCUT2D eigenvalue weighted by Gasteiger charge is -2.23. The molecular weight excluding hydrogens is 330 g/mol. The Hall–Kier alpha value is -3.36. The van der Waals surface area contributed by atoms with Crippen LogP contribution < -0.4 is 5.32 Å². The maximum absolute atomic E-state index is 4.45. The lowest BCUT2D eigenvalue weighted by Crippen LogP contribution is -2.32. The molecule has 0 amide bonds. The fraction of sp³-hybridized carbons (Fsp3) is 0.294. The van der Waals surface area contributed by atoms with Crippen molar-refractivity contribution in [2.45, 2.75) is 32.4 Å². The van der Waals surface area contributed by atoms with Crippen molar-refractivity contribution < 1.29 is 0 Å². The molecule has 4 heterocycles. The third-order valence-corrected chi connectivity index (χ3v) is 4.54. The monoisotopic (exact) mass is 347 g/mol. The molecule has 0 bridgehead atoms. The average Bonchev–Trinajstić information content (AvgIpc) is 3.25. The largest absolute Gasteiger partial charge is 0.363 e. The molecule has 0 saturated carbocycles. The highest BCUT2D eigenvalue weighted by Gasteiger charge is 2.22. The number of fused-ring (bicyclic) bond motifs is 2. The summed E-state index contributed by atoms with van der Waals surface area (Å²) < 4.78 is 3.69. The highest BCUT2D eigenvalue weighted by molar-refractivity contribution is 5.83. The summed E-state index contributed by atoms with van der Waals surface area (Å²) in [6.45, 7) is 2.68. The molecule has 0 unspecified atom stereocenters. The lowest BCUT2D eigenvalue weighted by molar-refractivity contribution is 0.440. The smallest absolute Gasteiger partial charge is 0.188 e. The van der Waals surface area contributed by atoms with Crippen LogP contribution in [0.15, 0.2) is 36.7 Å². The van der Waals surface area contributed by atoms with Crippen molar-refractivity contribution in [1.82, 2.24) is 39.7 Å². The van der Waals surface area contributed by atoms with Crippen molar-refractivity contribution in [2.24, 2.45) is 0 Å². The SMILES string of the molecule is Cc1nc2n(n1)C[C@@H](Nc1ncnc3c1nnn3-c1ccccc1)CC2. The van der Waals surface area contributed by atoms with Crippen LogP contribution >= 0.6 is 0 Å². The molecule has 130 valence electrons. The Labute approximate surface area is 149 Å². The molecule has 0 radical (unpaired) electrons. The van der Waals surface area contributed by atoms with E-state index in [1.54, 1.807) is 11.0 Å². The molecule has 1 aliphatic heterocycles. The standard InChI is InChI=1S/C17H17N9/c1-11-20-14-8-7-12(9-25(14)23-11)21-16-15-17(19-10-18-16)26(24-22-15)13-5-3-2-4-6-13/h2-6,10,12H,7-9H2,1H3,(H,18,19,21)/t12-/m0/s1. The molecule has 0 fully saturated rings. The molecule has 5 rings (SSSR count). The second-order valence-electron chi connectivity index (χ2n) is 6.37. The molecule has 0 spiro atoms. The van der Waals surface area contributed by atoms with Crippen LogP contribution in [-0.4, -0.2) is 45.8 Å². The zero-order valence-electron chi connectivity index (χ0n) is 14.2. The number of benzene rings is 1. The van der Waals surface area contributed by atoms with E-state index in [9.17, 15) is 0 Å². The molecule has 3 aromatic heterocycles. The Kier molecular flexibility index (Phi) is 3.37. The number of nitrogens with zero attached hydrogens (tertiary/aromatic N) is 8. The quantitative estimate of drug-likeness (QED) is 0.600. The minimum atomic E-state index is 0.212. The number of aromatic nitrogens is 8. The molecule has 26 heavy (non-hydrogen) atoms. The summed E-state index contributed by atoms with van der Waals surface area (Å²) in [6, 6.07) is 10.0. The topological polar surface area (TPSA) is 99.2 Å². The van der Waals surface area contributed by atoms with Crippen LogP contribution in [0.25, 0.3) is 16.9 Å². The van der Waals surface area contributed by atoms with Crippen LogP contribution in [0.1, 0.15) is 18.1 Å². The minimum Gasteiger partial charge on any atom is -0.363 e. The predicted molar refractivity (Wildman–Crippen MR) is 94.9 cm³/mol. The zero-order valence-corrected chi connectivity index (χ0v) is 14.2. The lowest BCUT2D eigenvalue weighted by atomic mass is 10.1. The summed E-state index contributed by atoms with van der Waals surface area (Å²) in [4.78, 5) is 13.2. The van der Waals surface area contributed by atoms with Crippen LogP contribution in [0.2, 0.25) is 0 Å². The summed E-state index contributed by atoms with van der Waals surface area (Å²) in [5.41, 5.74) is 2.26. The molecule has 0 saturated heterocycles. The highest BCUT2D eigenvalue weighted by atomic mass is 15.4. The Bertz CT molecular complexity index is 1070. The molecule has 1 aliphatic rings. The van der Waals surface area contributed by atoms with Gasteiger partial charge in [-0.05, 0) is 25.5 Å². The van der Waals surface area contributed by atoms with Crippen LogP contribution in [-0.2, 0) is 13.0 Å². The average molecular weight is 347 g/mol. The second kappa shape index (κ2) is 5.87. The van der Waals surface area contributed by atoms with Crippen molar-refractivity contribution in [1.29, 1.82) is 0 Å². The van der Waals surface area contributed by atoms with E-state index in [1.807, 2.05) is 41.9 Å². The molecule has 0 aliphatic carbocycles. The van der Waals surface area contributed by atoms with Gasteiger partial charge in [0.25, 0.3) is 0 Å². The van der Waals surface area contributed by atoms with E-state index < -0.39 is 0 Å². The van der Waals surface area contributed by atoms with Crippen LogP contribution in [0.3, 0.4) is 0 Å². The van der Waals surface area contributed by atoms with Gasteiger partial charge in [0.15, 0.2) is 17.0 Å². The van der Waals surface area contributed by atoms with Crippen LogP contribution in [0.4, 0.5) is 5.82 Å². The van der Waals surface area contributed by atoms with Crippen molar-refractivity contribution in [3.05, 3.63) is 48.3 Å². The first-order valence-electron chi connectivity index (χ1n) is 8.56. The maximum atomic E-state index is 4.45. The normalized spacial score (nSPS) is 16.6. The van der Waals surface area contributed by atoms with Gasteiger partial charge in [-0.1, -0.05) is 23.4 Å². The predicted octanol–water partition coefficient (Wildman–Crippen LogP) is 1.54. The number of para-hydroxylation sites is 1. The summed E-state index contributed by atoms with van der Waals surface area (Å²) in [7, 11) is 0. The van der Waals surface area contributed by atoms with Gasteiger partial charge < -0.3 is 5.32 Å². The van der Waals surface area contributed by atoms with E-state index in [4.69, 9.17) is 0 Å². The summed E-state index contributed by atoms with van der Waals surface area (Å²) in [6.07, 6.45) is 3.40. The first-order chi connectivity index (χ1) is 12.8. The third kappa shape index (κ3) is 2.48. The molecule has 9 heteroatoms. The maximum Gasteiger partial charge on any atom is 0.188 e. The molecule has 9 nitrogen and oxygen atoms in total. The van der Waals surface area contributed by atoms with Crippen molar-refractivity contribution in [3.63, 3.8) is 0 Å². The molecule has 1 aromatic carbocycles. The fourth-order valence-electron chi connectivity index (χ4n) is 3.34. The fourth-order valence-corrected chi connectivity index (χ4v) is 3.34. The first kappa shape index (κ1) is 14.9. The van der Waals surface area contributed by atoms with E-state index in [2.05, 4.69) is 35.7 Å². The first-order valence-corrected chi connectivity index (χ1v) is 8.56. The van der Waals surface area contributed by atoms with E-state index in [1.165, 1.54) is 0 Å². The number of nitrogens with one attached hydrogen (secondary N) is 1. The van der Waals surface area contributed by atoms with Crippen molar-refractivity contribution in [3.8, 4) is 5.69 Å². The zero-order chi connectivity index (χ0) is 17.5. The van der Waals surface area contributed by atoms with Gasteiger partial charge in [0.1, 0.15) is 18.0 Å². The van der Waals surface area contributed by atoms with Gasteiger partial charge in [-0.2, -0.15) is 9.78 Å². The van der Waals surface area contributed by atoms with Gasteiger partial charge >= 0.3 is 0 Å². The van der Waals surface area contributed by atoms with E-state index >= 15 is 0 Å². The van der Waals surface area contributed by atoms with Crippen molar-refractivity contribution in [2.75, 3.05) is 5.32 Å². The Morgan fingerprint density at radius 2 is 2.04 bits per heavy atom. The number of hydrogen-bond acceptors (Lipinski definition) is 7. The summed E-state index contributed by atoms with van der Waals surface area (Å²) in [5, 5.41) is 16.5. The Morgan fingerprint density at radius 3 is 2.92 bits per heavy atom. The summed E-state index contributed by atoms with van der Waals surface area (Å²) >= 11 is 0. The Balaban J connectivity index is 1.46. The van der Waals surface area contributed by atoms with Gasteiger partial charge in [0.2, 0.25) is 0 Å².